The molecule has 0 saturated heterocycles. The van der Waals surface area contributed by atoms with Gasteiger partial charge in [0.2, 0.25) is 15.9 Å². The number of sulfonamides is 1. The van der Waals surface area contributed by atoms with Gasteiger partial charge in [0.15, 0.2) is 11.5 Å². The van der Waals surface area contributed by atoms with Crippen molar-refractivity contribution in [3.63, 3.8) is 0 Å². The molecule has 8 nitrogen and oxygen atoms in total. The molecule has 0 bridgehead atoms. The van der Waals surface area contributed by atoms with Gasteiger partial charge >= 0.3 is 0 Å². The van der Waals surface area contributed by atoms with Crippen molar-refractivity contribution in [2.24, 2.45) is 0 Å². The Hall–Kier alpha value is -3.08. The normalized spacial score (nSPS) is 11.7. The third kappa shape index (κ3) is 4.25. The maximum absolute atomic E-state index is 13.2. The molecular formula is C19H15ClFN5O3S. The minimum absolute atomic E-state index is 0.0230. The molecule has 0 atom stereocenters. The Bertz CT molecular complexity index is 1300. The fraction of sp³-hybridized carbons (Fsp3) is 0.105. The SMILES string of the molecule is O=S(=O)(NCCOc1ccc2nnc(-c3ccccc3)n2n1)c1ccc(F)c(Cl)c1. The first-order valence-electron chi connectivity index (χ1n) is 8.79. The highest BCUT2D eigenvalue weighted by atomic mass is 35.5. The van der Waals surface area contributed by atoms with Crippen LogP contribution in [0.15, 0.2) is 65.6 Å². The molecule has 0 radical (unpaired) electrons. The van der Waals surface area contributed by atoms with Crippen LogP contribution >= 0.6 is 11.6 Å². The number of fused-ring (bicyclic) bond motifs is 1. The second-order valence-electron chi connectivity index (χ2n) is 6.15. The van der Waals surface area contributed by atoms with E-state index in [0.29, 0.717) is 11.5 Å². The molecule has 154 valence electrons. The lowest BCUT2D eigenvalue weighted by Crippen LogP contribution is -2.28. The number of nitrogens with one attached hydrogen (secondary N) is 1. The zero-order chi connectivity index (χ0) is 21.1. The third-order valence-electron chi connectivity index (χ3n) is 4.12. The van der Waals surface area contributed by atoms with Crippen LogP contribution in [-0.4, -0.2) is 41.4 Å². The number of rotatable bonds is 7. The van der Waals surface area contributed by atoms with Gasteiger partial charge in [-0.1, -0.05) is 41.9 Å². The van der Waals surface area contributed by atoms with Gasteiger partial charge in [-0.3, -0.25) is 0 Å². The average Bonchev–Trinajstić information content (AvgIpc) is 3.17. The van der Waals surface area contributed by atoms with E-state index in [1.165, 1.54) is 0 Å². The Morgan fingerprint density at radius 1 is 1.07 bits per heavy atom. The first-order chi connectivity index (χ1) is 14.4. The van der Waals surface area contributed by atoms with Crippen LogP contribution < -0.4 is 9.46 Å². The predicted octanol–water partition coefficient (Wildman–Crippen LogP) is 2.94. The number of aromatic nitrogens is 4. The second kappa shape index (κ2) is 8.34. The van der Waals surface area contributed by atoms with E-state index in [1.54, 1.807) is 16.6 Å². The van der Waals surface area contributed by atoms with E-state index in [9.17, 15) is 12.8 Å². The van der Waals surface area contributed by atoms with E-state index in [0.717, 1.165) is 23.8 Å². The van der Waals surface area contributed by atoms with Gasteiger partial charge in [0, 0.05) is 18.2 Å². The van der Waals surface area contributed by atoms with E-state index in [4.69, 9.17) is 16.3 Å². The molecule has 0 aliphatic carbocycles. The highest BCUT2D eigenvalue weighted by Crippen LogP contribution is 2.20. The second-order valence-corrected chi connectivity index (χ2v) is 8.33. The molecular weight excluding hydrogens is 433 g/mol. The fourth-order valence-electron chi connectivity index (χ4n) is 2.68. The lowest BCUT2D eigenvalue weighted by Gasteiger charge is -2.09. The van der Waals surface area contributed by atoms with Crippen LogP contribution in [0.4, 0.5) is 4.39 Å². The molecule has 30 heavy (non-hydrogen) atoms. The smallest absolute Gasteiger partial charge is 0.240 e. The van der Waals surface area contributed by atoms with E-state index >= 15 is 0 Å². The molecule has 0 amide bonds. The average molecular weight is 448 g/mol. The van der Waals surface area contributed by atoms with Crippen LogP contribution in [0.1, 0.15) is 0 Å². The highest BCUT2D eigenvalue weighted by molar-refractivity contribution is 7.89. The summed E-state index contributed by atoms with van der Waals surface area (Å²) in [6, 6.07) is 16.0. The van der Waals surface area contributed by atoms with Crippen LogP contribution in [0.5, 0.6) is 5.88 Å². The van der Waals surface area contributed by atoms with Crippen molar-refractivity contribution >= 4 is 27.3 Å². The summed E-state index contributed by atoms with van der Waals surface area (Å²) in [6.07, 6.45) is 0. The van der Waals surface area contributed by atoms with Crippen molar-refractivity contribution in [3.8, 4) is 17.3 Å². The van der Waals surface area contributed by atoms with Crippen LogP contribution in [-0.2, 0) is 10.0 Å². The number of hydrogen-bond donors (Lipinski definition) is 1. The Morgan fingerprint density at radius 3 is 2.63 bits per heavy atom. The zero-order valence-corrected chi connectivity index (χ0v) is 16.9. The molecule has 0 saturated carbocycles. The Labute approximate surface area is 176 Å². The van der Waals surface area contributed by atoms with E-state index in [2.05, 4.69) is 20.0 Å². The maximum Gasteiger partial charge on any atom is 0.240 e. The summed E-state index contributed by atoms with van der Waals surface area (Å²) in [5.74, 6) is 0.151. The van der Waals surface area contributed by atoms with Crippen LogP contribution in [0.3, 0.4) is 0 Å². The van der Waals surface area contributed by atoms with Gasteiger partial charge in [-0.15, -0.1) is 15.3 Å². The number of nitrogens with zero attached hydrogens (tertiary/aromatic N) is 4. The van der Waals surface area contributed by atoms with E-state index < -0.39 is 15.8 Å². The minimum atomic E-state index is -3.85. The number of halogens is 2. The number of ether oxygens (including phenoxy) is 1. The fourth-order valence-corrected chi connectivity index (χ4v) is 3.96. The van der Waals surface area contributed by atoms with Crippen LogP contribution in [0, 0.1) is 5.82 Å². The van der Waals surface area contributed by atoms with Crippen molar-refractivity contribution in [1.82, 2.24) is 24.5 Å². The molecule has 4 rings (SSSR count). The standard InChI is InChI=1S/C19H15ClFN5O3S/c20-15-12-14(6-7-16(15)21)30(27,28)22-10-11-29-18-9-8-17-23-24-19(26(17)25-18)13-4-2-1-3-5-13/h1-9,12,22H,10-11H2. The van der Waals surface area contributed by atoms with Gasteiger partial charge in [-0.2, -0.15) is 4.52 Å². The summed E-state index contributed by atoms with van der Waals surface area (Å²) < 4.78 is 47.2. The molecule has 4 aromatic rings. The zero-order valence-electron chi connectivity index (χ0n) is 15.4. The summed E-state index contributed by atoms with van der Waals surface area (Å²) in [5.41, 5.74) is 1.40. The van der Waals surface area contributed by atoms with Crippen molar-refractivity contribution in [2.75, 3.05) is 13.2 Å². The first-order valence-corrected chi connectivity index (χ1v) is 10.7. The molecule has 1 N–H and O–H groups in total. The molecule has 2 aromatic heterocycles. The Kier molecular flexibility index (Phi) is 5.62. The van der Waals surface area contributed by atoms with Crippen molar-refractivity contribution in [1.29, 1.82) is 0 Å². The summed E-state index contributed by atoms with van der Waals surface area (Å²) in [5, 5.41) is 12.3. The van der Waals surface area contributed by atoms with Gasteiger partial charge in [-0.25, -0.2) is 17.5 Å². The van der Waals surface area contributed by atoms with E-state index in [1.807, 2.05) is 30.3 Å². The van der Waals surface area contributed by atoms with Gasteiger partial charge in [0.25, 0.3) is 0 Å². The molecule has 0 unspecified atom stereocenters. The highest BCUT2D eigenvalue weighted by Gasteiger charge is 2.16. The molecule has 0 spiro atoms. The quantitative estimate of drug-likeness (QED) is 0.437. The molecule has 0 aliphatic heterocycles. The number of hydrogen-bond acceptors (Lipinski definition) is 6. The molecule has 2 heterocycles. The van der Waals surface area contributed by atoms with Gasteiger partial charge in [0.1, 0.15) is 12.4 Å². The lowest BCUT2D eigenvalue weighted by molar-refractivity contribution is 0.306. The Morgan fingerprint density at radius 2 is 1.87 bits per heavy atom. The summed E-state index contributed by atoms with van der Waals surface area (Å²) >= 11 is 5.64. The monoisotopic (exact) mass is 447 g/mol. The summed E-state index contributed by atoms with van der Waals surface area (Å²) in [7, 11) is -3.85. The minimum Gasteiger partial charge on any atom is -0.475 e. The molecule has 0 fully saturated rings. The predicted molar refractivity (Wildman–Crippen MR) is 108 cm³/mol. The van der Waals surface area contributed by atoms with Gasteiger partial charge in [0.05, 0.1) is 9.92 Å². The summed E-state index contributed by atoms with van der Waals surface area (Å²) in [6.45, 7) is 0.000225. The maximum atomic E-state index is 13.2. The molecule has 2 aromatic carbocycles. The topological polar surface area (TPSA) is 98.5 Å². The summed E-state index contributed by atoms with van der Waals surface area (Å²) in [4.78, 5) is -0.134. The van der Waals surface area contributed by atoms with Crippen molar-refractivity contribution in [3.05, 3.63) is 71.5 Å². The van der Waals surface area contributed by atoms with E-state index in [-0.39, 0.29) is 28.9 Å². The lowest BCUT2D eigenvalue weighted by atomic mass is 10.2. The van der Waals surface area contributed by atoms with Gasteiger partial charge in [-0.05, 0) is 24.3 Å². The van der Waals surface area contributed by atoms with Crippen LogP contribution in [0.2, 0.25) is 5.02 Å². The van der Waals surface area contributed by atoms with Crippen molar-refractivity contribution < 1.29 is 17.5 Å². The van der Waals surface area contributed by atoms with Crippen LogP contribution in [0.25, 0.3) is 17.0 Å². The van der Waals surface area contributed by atoms with Crippen molar-refractivity contribution in [2.45, 2.75) is 4.90 Å². The third-order valence-corrected chi connectivity index (χ3v) is 5.86. The van der Waals surface area contributed by atoms with Gasteiger partial charge < -0.3 is 4.74 Å². The molecule has 0 aliphatic rings. The first kappa shape index (κ1) is 20.2. The Balaban J connectivity index is 1.42. The number of benzene rings is 2. The largest absolute Gasteiger partial charge is 0.475 e. The molecule has 11 heteroatoms.